The summed E-state index contributed by atoms with van der Waals surface area (Å²) in [5, 5.41) is 2.97. The van der Waals surface area contributed by atoms with Crippen LogP contribution in [-0.4, -0.2) is 12.7 Å². The molecule has 0 saturated heterocycles. The molecular formula is C16H17NO4. The van der Waals surface area contributed by atoms with Gasteiger partial charge in [0.05, 0.1) is 12.3 Å². The van der Waals surface area contributed by atoms with Gasteiger partial charge in [-0.05, 0) is 36.8 Å². The molecule has 2 aromatic rings. The smallest absolute Gasteiger partial charge is 0.231 e. The molecule has 110 valence electrons. The van der Waals surface area contributed by atoms with Crippen LogP contribution < -0.4 is 14.8 Å². The van der Waals surface area contributed by atoms with Crippen LogP contribution in [0.4, 0.5) is 0 Å². The predicted molar refractivity (Wildman–Crippen MR) is 76.2 cm³/mol. The van der Waals surface area contributed by atoms with Crippen molar-refractivity contribution in [3.8, 4) is 11.5 Å². The molecule has 5 heteroatoms. The summed E-state index contributed by atoms with van der Waals surface area (Å²) in [5.74, 6) is 2.29. The van der Waals surface area contributed by atoms with Crippen LogP contribution in [0, 0.1) is 0 Å². The van der Waals surface area contributed by atoms with E-state index >= 15 is 0 Å². The van der Waals surface area contributed by atoms with E-state index in [-0.39, 0.29) is 18.7 Å². The van der Waals surface area contributed by atoms with E-state index in [9.17, 15) is 4.79 Å². The maximum atomic E-state index is 11.9. The molecule has 0 bridgehead atoms. The molecule has 0 unspecified atom stereocenters. The number of amides is 1. The monoisotopic (exact) mass is 287 g/mol. The van der Waals surface area contributed by atoms with Crippen LogP contribution in [0.3, 0.4) is 0 Å². The molecule has 0 radical (unpaired) electrons. The zero-order valence-electron chi connectivity index (χ0n) is 11.8. The number of hydrogen-bond donors (Lipinski definition) is 1. The number of hydrogen-bond acceptors (Lipinski definition) is 4. The number of aryl methyl sites for hydroxylation is 1. The van der Waals surface area contributed by atoms with E-state index in [1.165, 1.54) is 0 Å². The largest absolute Gasteiger partial charge is 0.469 e. The fourth-order valence-electron chi connectivity index (χ4n) is 2.27. The highest BCUT2D eigenvalue weighted by atomic mass is 16.7. The van der Waals surface area contributed by atoms with Crippen LogP contribution in [0.15, 0.2) is 41.0 Å². The highest BCUT2D eigenvalue weighted by Gasteiger charge is 2.16. The van der Waals surface area contributed by atoms with Crippen molar-refractivity contribution in [2.24, 2.45) is 0 Å². The minimum Gasteiger partial charge on any atom is -0.469 e. The van der Waals surface area contributed by atoms with Crippen molar-refractivity contribution in [1.29, 1.82) is 0 Å². The number of carbonyl (C=O) groups is 1. The lowest BCUT2D eigenvalue weighted by Gasteiger charge is -2.14. The molecule has 1 aliphatic rings. The Morgan fingerprint density at radius 1 is 1.29 bits per heavy atom. The number of benzene rings is 1. The van der Waals surface area contributed by atoms with Gasteiger partial charge in [-0.2, -0.15) is 0 Å². The van der Waals surface area contributed by atoms with Gasteiger partial charge in [-0.1, -0.05) is 6.07 Å². The third-order valence-corrected chi connectivity index (χ3v) is 3.45. The topological polar surface area (TPSA) is 60.7 Å². The zero-order valence-corrected chi connectivity index (χ0v) is 11.8. The maximum Gasteiger partial charge on any atom is 0.231 e. The third-order valence-electron chi connectivity index (χ3n) is 3.45. The lowest BCUT2D eigenvalue weighted by atomic mass is 10.1. The van der Waals surface area contributed by atoms with Crippen LogP contribution in [0.25, 0.3) is 0 Å². The fourth-order valence-corrected chi connectivity index (χ4v) is 2.27. The van der Waals surface area contributed by atoms with E-state index in [1.54, 1.807) is 6.26 Å². The second-order valence-electron chi connectivity index (χ2n) is 4.98. The molecule has 21 heavy (non-hydrogen) atoms. The summed E-state index contributed by atoms with van der Waals surface area (Å²) in [7, 11) is 0. The van der Waals surface area contributed by atoms with Crippen LogP contribution in [0.1, 0.15) is 30.7 Å². The van der Waals surface area contributed by atoms with E-state index in [0.29, 0.717) is 12.8 Å². The molecule has 1 N–H and O–H groups in total. The molecule has 1 aliphatic heterocycles. The Bertz CT molecular complexity index is 621. The lowest BCUT2D eigenvalue weighted by Crippen LogP contribution is -2.26. The summed E-state index contributed by atoms with van der Waals surface area (Å²) in [4.78, 5) is 11.9. The average Bonchev–Trinajstić information content (AvgIpc) is 3.15. The highest BCUT2D eigenvalue weighted by Crippen LogP contribution is 2.34. The summed E-state index contributed by atoms with van der Waals surface area (Å²) in [6.45, 7) is 2.20. The lowest BCUT2D eigenvalue weighted by molar-refractivity contribution is -0.121. The minimum atomic E-state index is -0.0800. The molecule has 1 aromatic carbocycles. The molecule has 0 aliphatic carbocycles. The summed E-state index contributed by atoms with van der Waals surface area (Å²) >= 11 is 0. The molecule has 0 spiro atoms. The summed E-state index contributed by atoms with van der Waals surface area (Å²) in [5.41, 5.74) is 0.991. The molecule has 0 saturated carbocycles. The Balaban J connectivity index is 1.55. The molecule has 5 nitrogen and oxygen atoms in total. The van der Waals surface area contributed by atoms with Gasteiger partial charge in [0.2, 0.25) is 12.7 Å². The second-order valence-corrected chi connectivity index (χ2v) is 4.98. The normalized spacial score (nSPS) is 14.0. The number of furan rings is 1. The molecule has 1 atom stereocenters. The number of fused-ring (bicyclic) bond motifs is 1. The van der Waals surface area contributed by atoms with Crippen molar-refractivity contribution >= 4 is 5.91 Å². The number of rotatable bonds is 5. The van der Waals surface area contributed by atoms with Crippen LogP contribution in [-0.2, 0) is 11.2 Å². The predicted octanol–water partition coefficient (Wildman–Crippen LogP) is 2.82. The SMILES string of the molecule is C[C@@H](NC(=O)CCc1ccco1)c1ccc2c(c1)OCO2. The Morgan fingerprint density at radius 3 is 2.95 bits per heavy atom. The van der Waals surface area contributed by atoms with Gasteiger partial charge >= 0.3 is 0 Å². The van der Waals surface area contributed by atoms with E-state index < -0.39 is 0 Å². The Hall–Kier alpha value is -2.43. The maximum absolute atomic E-state index is 11.9. The first kappa shape index (κ1) is 13.5. The molecule has 3 rings (SSSR count). The second kappa shape index (κ2) is 5.91. The fraction of sp³-hybridized carbons (Fsp3) is 0.312. The molecule has 1 aromatic heterocycles. The van der Waals surface area contributed by atoms with Gasteiger partial charge in [-0.15, -0.1) is 0 Å². The van der Waals surface area contributed by atoms with E-state index in [4.69, 9.17) is 13.9 Å². The van der Waals surface area contributed by atoms with Crippen molar-refractivity contribution in [1.82, 2.24) is 5.32 Å². The summed E-state index contributed by atoms with van der Waals surface area (Å²) in [6, 6.07) is 9.31. The number of ether oxygens (including phenoxy) is 2. The highest BCUT2D eigenvalue weighted by molar-refractivity contribution is 5.76. The van der Waals surface area contributed by atoms with Gasteiger partial charge in [0.25, 0.3) is 0 Å². The molecule has 0 fully saturated rings. The van der Waals surface area contributed by atoms with Gasteiger partial charge in [0, 0.05) is 12.8 Å². The standard InChI is InChI=1S/C16H17NO4/c1-11(12-4-6-14-15(9-12)21-10-20-14)17-16(18)7-5-13-3-2-8-19-13/h2-4,6,8-9,11H,5,7,10H2,1H3,(H,17,18)/t11-/m1/s1. The van der Waals surface area contributed by atoms with Crippen molar-refractivity contribution in [2.75, 3.05) is 6.79 Å². The quantitative estimate of drug-likeness (QED) is 0.918. The zero-order chi connectivity index (χ0) is 14.7. The van der Waals surface area contributed by atoms with E-state index in [2.05, 4.69) is 5.32 Å². The van der Waals surface area contributed by atoms with Crippen molar-refractivity contribution in [3.63, 3.8) is 0 Å². The summed E-state index contributed by atoms with van der Waals surface area (Å²) < 4.78 is 15.8. The van der Waals surface area contributed by atoms with Gasteiger partial charge in [0.15, 0.2) is 11.5 Å². The molecule has 1 amide bonds. The Labute approximate surface area is 122 Å². The Kier molecular flexibility index (Phi) is 3.81. The van der Waals surface area contributed by atoms with Crippen molar-refractivity contribution in [2.45, 2.75) is 25.8 Å². The van der Waals surface area contributed by atoms with Crippen molar-refractivity contribution < 1.29 is 18.7 Å². The van der Waals surface area contributed by atoms with Gasteiger partial charge in [-0.3, -0.25) is 4.79 Å². The van der Waals surface area contributed by atoms with Crippen LogP contribution >= 0.6 is 0 Å². The van der Waals surface area contributed by atoms with Crippen LogP contribution in [0.2, 0.25) is 0 Å². The number of nitrogens with one attached hydrogen (secondary N) is 1. The van der Waals surface area contributed by atoms with E-state index in [0.717, 1.165) is 22.8 Å². The van der Waals surface area contributed by atoms with E-state index in [1.807, 2.05) is 37.3 Å². The van der Waals surface area contributed by atoms with Gasteiger partial charge in [0.1, 0.15) is 5.76 Å². The Morgan fingerprint density at radius 2 is 2.14 bits per heavy atom. The van der Waals surface area contributed by atoms with Gasteiger partial charge in [-0.25, -0.2) is 0 Å². The van der Waals surface area contributed by atoms with Crippen molar-refractivity contribution in [3.05, 3.63) is 47.9 Å². The first-order chi connectivity index (χ1) is 10.2. The third kappa shape index (κ3) is 3.18. The van der Waals surface area contributed by atoms with Gasteiger partial charge < -0.3 is 19.2 Å². The average molecular weight is 287 g/mol. The number of carbonyl (C=O) groups excluding carboxylic acids is 1. The summed E-state index contributed by atoms with van der Waals surface area (Å²) in [6.07, 6.45) is 2.62. The molecule has 2 heterocycles. The molecular weight excluding hydrogens is 270 g/mol. The minimum absolute atomic E-state index is 0.00318. The van der Waals surface area contributed by atoms with Crippen LogP contribution in [0.5, 0.6) is 11.5 Å². The first-order valence-electron chi connectivity index (χ1n) is 6.93. The first-order valence-corrected chi connectivity index (χ1v) is 6.93.